The number of aryl methyl sites for hydroxylation is 1. The van der Waals surface area contributed by atoms with Crippen molar-refractivity contribution >= 4 is 0 Å². The number of nitrogens with one attached hydrogen (secondary N) is 1. The normalized spacial score (nSPS) is 33.7. The molecule has 1 heterocycles. The first-order valence-corrected chi connectivity index (χ1v) is 7.78. The summed E-state index contributed by atoms with van der Waals surface area (Å²) in [6, 6.07) is 9.19. The van der Waals surface area contributed by atoms with Gasteiger partial charge >= 0.3 is 0 Å². The summed E-state index contributed by atoms with van der Waals surface area (Å²) in [5.74, 6) is 0.711. The van der Waals surface area contributed by atoms with Crippen molar-refractivity contribution in [1.82, 2.24) is 5.32 Å². The molecule has 1 aliphatic carbocycles. The topological polar surface area (TPSA) is 12.0 Å². The van der Waals surface area contributed by atoms with Crippen molar-refractivity contribution in [3.8, 4) is 0 Å². The fourth-order valence-electron chi connectivity index (χ4n) is 4.56. The second kappa shape index (κ2) is 4.63. The van der Waals surface area contributed by atoms with E-state index in [2.05, 4.69) is 50.4 Å². The Morgan fingerprint density at radius 3 is 2.68 bits per heavy atom. The Morgan fingerprint density at radius 1 is 1.16 bits per heavy atom. The lowest BCUT2D eigenvalue weighted by atomic mass is 9.65. The van der Waals surface area contributed by atoms with E-state index in [-0.39, 0.29) is 0 Å². The highest BCUT2D eigenvalue weighted by Crippen LogP contribution is 2.58. The predicted octanol–water partition coefficient (Wildman–Crippen LogP) is 4.27. The summed E-state index contributed by atoms with van der Waals surface area (Å²) >= 11 is 0. The smallest absolute Gasteiger partial charge is 0.00255 e. The van der Waals surface area contributed by atoms with Crippen LogP contribution in [-0.4, -0.2) is 13.1 Å². The van der Waals surface area contributed by atoms with Crippen molar-refractivity contribution in [1.29, 1.82) is 0 Å². The van der Waals surface area contributed by atoms with E-state index in [1.54, 1.807) is 5.56 Å². The average molecular weight is 257 g/mol. The van der Waals surface area contributed by atoms with E-state index in [1.165, 1.54) is 44.3 Å². The fourth-order valence-corrected chi connectivity index (χ4v) is 4.56. The Balaban J connectivity index is 1.94. The van der Waals surface area contributed by atoms with Gasteiger partial charge in [-0.3, -0.25) is 0 Å². The molecule has 3 rings (SSSR count). The Bertz CT molecular complexity index is 463. The monoisotopic (exact) mass is 257 g/mol. The molecule has 2 unspecified atom stereocenters. The zero-order valence-corrected chi connectivity index (χ0v) is 12.6. The molecule has 2 aliphatic rings. The van der Waals surface area contributed by atoms with E-state index in [1.807, 2.05) is 0 Å². The predicted molar refractivity (Wildman–Crippen MR) is 81.5 cm³/mol. The summed E-state index contributed by atoms with van der Waals surface area (Å²) < 4.78 is 0. The molecule has 1 N–H and O–H groups in total. The molecule has 1 spiro atoms. The molecule has 1 saturated carbocycles. The molecule has 1 aliphatic heterocycles. The largest absolute Gasteiger partial charge is 0.316 e. The highest BCUT2D eigenvalue weighted by molar-refractivity contribution is 5.29. The van der Waals surface area contributed by atoms with E-state index in [0.717, 1.165) is 0 Å². The maximum absolute atomic E-state index is 3.63. The second-order valence-corrected chi connectivity index (χ2v) is 7.62. The van der Waals surface area contributed by atoms with Gasteiger partial charge in [0.05, 0.1) is 0 Å². The summed E-state index contributed by atoms with van der Waals surface area (Å²) in [4.78, 5) is 0. The van der Waals surface area contributed by atoms with Gasteiger partial charge in [-0.1, -0.05) is 43.7 Å². The van der Waals surface area contributed by atoms with Crippen LogP contribution in [0.25, 0.3) is 0 Å². The molecule has 1 aromatic rings. The first-order valence-electron chi connectivity index (χ1n) is 7.78. The highest BCUT2D eigenvalue weighted by Gasteiger charge is 2.49. The van der Waals surface area contributed by atoms with Crippen molar-refractivity contribution in [2.75, 3.05) is 13.1 Å². The van der Waals surface area contributed by atoms with Gasteiger partial charge in [-0.15, -0.1) is 0 Å². The number of piperidine rings is 1. The van der Waals surface area contributed by atoms with Gasteiger partial charge in [-0.2, -0.15) is 0 Å². The maximum Gasteiger partial charge on any atom is 0.00255 e. The van der Waals surface area contributed by atoms with Crippen molar-refractivity contribution in [2.24, 2.45) is 10.8 Å². The Morgan fingerprint density at radius 2 is 2.00 bits per heavy atom. The molecule has 0 bridgehead atoms. The first-order chi connectivity index (χ1) is 9.01. The van der Waals surface area contributed by atoms with E-state index in [9.17, 15) is 0 Å². The minimum atomic E-state index is 0.541. The summed E-state index contributed by atoms with van der Waals surface area (Å²) in [6.45, 7) is 9.50. The Hall–Kier alpha value is -0.820. The van der Waals surface area contributed by atoms with Crippen LogP contribution in [0, 0.1) is 17.8 Å². The van der Waals surface area contributed by atoms with Gasteiger partial charge in [0.2, 0.25) is 0 Å². The second-order valence-electron chi connectivity index (χ2n) is 7.62. The zero-order chi connectivity index (χ0) is 13.5. The maximum atomic E-state index is 3.63. The minimum Gasteiger partial charge on any atom is -0.316 e. The van der Waals surface area contributed by atoms with Gasteiger partial charge < -0.3 is 5.32 Å². The lowest BCUT2D eigenvalue weighted by Crippen LogP contribution is -2.42. The Kier molecular flexibility index (Phi) is 3.21. The number of hydrogen-bond acceptors (Lipinski definition) is 1. The van der Waals surface area contributed by atoms with Crippen LogP contribution < -0.4 is 5.32 Å². The van der Waals surface area contributed by atoms with E-state index < -0.39 is 0 Å². The van der Waals surface area contributed by atoms with Crippen LogP contribution in [0.3, 0.4) is 0 Å². The molecule has 1 heteroatoms. The molecule has 104 valence electrons. The summed E-state index contributed by atoms with van der Waals surface area (Å²) in [5.41, 5.74) is 4.06. The molecule has 0 aromatic heterocycles. The zero-order valence-electron chi connectivity index (χ0n) is 12.6. The molecule has 0 radical (unpaired) electrons. The van der Waals surface area contributed by atoms with Crippen LogP contribution in [0.5, 0.6) is 0 Å². The first kappa shape index (κ1) is 13.2. The number of hydrogen-bond donors (Lipinski definition) is 1. The summed E-state index contributed by atoms with van der Waals surface area (Å²) in [6.07, 6.45) is 5.57. The van der Waals surface area contributed by atoms with Gasteiger partial charge in [-0.05, 0) is 55.5 Å². The lowest BCUT2D eigenvalue weighted by Gasteiger charge is -2.43. The van der Waals surface area contributed by atoms with Crippen LogP contribution in [0.1, 0.15) is 56.6 Å². The number of rotatable bonds is 1. The fraction of sp³-hybridized carbons (Fsp3) is 0.667. The molecule has 1 saturated heterocycles. The van der Waals surface area contributed by atoms with Crippen LogP contribution in [0.4, 0.5) is 0 Å². The molecule has 19 heavy (non-hydrogen) atoms. The standard InChI is InChI=1S/C18H27N/c1-14-5-4-6-15(11-14)16-12-19-10-9-18(16)8-7-17(2,3)13-18/h4-6,11,16,19H,7-10,12-13H2,1-3H3. The van der Waals surface area contributed by atoms with Crippen LogP contribution >= 0.6 is 0 Å². The van der Waals surface area contributed by atoms with Crippen LogP contribution in [-0.2, 0) is 0 Å². The SMILES string of the molecule is Cc1cccc(C2CNCCC23CCC(C)(C)C3)c1. The third-order valence-electron chi connectivity index (χ3n) is 5.46. The summed E-state index contributed by atoms with van der Waals surface area (Å²) in [7, 11) is 0. The van der Waals surface area contributed by atoms with Gasteiger partial charge in [0.15, 0.2) is 0 Å². The van der Waals surface area contributed by atoms with Gasteiger partial charge in [0, 0.05) is 12.5 Å². The molecule has 1 nitrogen and oxygen atoms in total. The van der Waals surface area contributed by atoms with Crippen molar-refractivity contribution in [3.63, 3.8) is 0 Å². The quantitative estimate of drug-likeness (QED) is 0.792. The van der Waals surface area contributed by atoms with Crippen LogP contribution in [0.15, 0.2) is 24.3 Å². The third-order valence-corrected chi connectivity index (χ3v) is 5.46. The van der Waals surface area contributed by atoms with E-state index >= 15 is 0 Å². The van der Waals surface area contributed by atoms with Crippen molar-refractivity contribution < 1.29 is 0 Å². The Labute approximate surface area is 117 Å². The van der Waals surface area contributed by atoms with Crippen molar-refractivity contribution in [3.05, 3.63) is 35.4 Å². The van der Waals surface area contributed by atoms with Gasteiger partial charge in [0.1, 0.15) is 0 Å². The molecule has 2 fully saturated rings. The van der Waals surface area contributed by atoms with Gasteiger partial charge in [0.25, 0.3) is 0 Å². The number of benzene rings is 1. The summed E-state index contributed by atoms with van der Waals surface area (Å²) in [5, 5.41) is 3.63. The molecular weight excluding hydrogens is 230 g/mol. The molecule has 2 atom stereocenters. The van der Waals surface area contributed by atoms with Crippen molar-refractivity contribution in [2.45, 2.75) is 52.4 Å². The minimum absolute atomic E-state index is 0.541. The highest BCUT2D eigenvalue weighted by atomic mass is 14.9. The molecule has 0 amide bonds. The van der Waals surface area contributed by atoms with E-state index in [4.69, 9.17) is 0 Å². The van der Waals surface area contributed by atoms with Crippen LogP contribution in [0.2, 0.25) is 0 Å². The molecule has 1 aromatic carbocycles. The van der Waals surface area contributed by atoms with E-state index in [0.29, 0.717) is 16.7 Å². The average Bonchev–Trinajstić information content (AvgIpc) is 2.66. The van der Waals surface area contributed by atoms with Gasteiger partial charge in [-0.25, -0.2) is 0 Å². The third kappa shape index (κ3) is 2.45. The molecular formula is C18H27N. The lowest BCUT2D eigenvalue weighted by molar-refractivity contribution is 0.151.